The molecule has 1 aromatic rings. The number of phenols is 1. The predicted octanol–water partition coefficient (Wildman–Crippen LogP) is 0.247. The van der Waals surface area contributed by atoms with Gasteiger partial charge < -0.3 is 15.3 Å². The van der Waals surface area contributed by atoms with Gasteiger partial charge in [-0.2, -0.15) is 5.26 Å². The summed E-state index contributed by atoms with van der Waals surface area (Å²) in [5.74, 6) is -0.155. The first-order valence-corrected chi connectivity index (χ1v) is 3.23. The number of aliphatic hydroxyl groups is 2. The number of hydrogen-bond acceptors (Lipinski definition) is 4. The Morgan fingerprint density at radius 1 is 1.25 bits per heavy atom. The first kappa shape index (κ1) is 8.53. The topological polar surface area (TPSA) is 84.5 Å². The molecule has 0 atom stereocenters. The zero-order valence-electron chi connectivity index (χ0n) is 6.10. The molecular formula is C8H7NO3. The molecule has 0 aliphatic heterocycles. The molecule has 12 heavy (non-hydrogen) atoms. The van der Waals surface area contributed by atoms with E-state index in [0.29, 0.717) is 0 Å². The third-order valence-corrected chi connectivity index (χ3v) is 1.37. The monoisotopic (exact) mass is 165 g/mol. The van der Waals surface area contributed by atoms with Gasteiger partial charge in [-0.15, -0.1) is 0 Å². The van der Waals surface area contributed by atoms with Gasteiger partial charge in [-0.25, -0.2) is 0 Å². The highest BCUT2D eigenvalue weighted by Gasteiger charge is 2.05. The Morgan fingerprint density at radius 3 is 2.42 bits per heavy atom. The van der Waals surface area contributed by atoms with Crippen LogP contribution in [0.3, 0.4) is 0 Å². The minimum atomic E-state index is -1.66. The van der Waals surface area contributed by atoms with E-state index in [4.69, 9.17) is 20.6 Å². The molecule has 0 amide bonds. The number of aromatic hydroxyl groups is 1. The zero-order valence-corrected chi connectivity index (χ0v) is 6.10. The predicted molar refractivity (Wildman–Crippen MR) is 40.0 cm³/mol. The van der Waals surface area contributed by atoms with E-state index in [2.05, 4.69) is 0 Å². The summed E-state index contributed by atoms with van der Waals surface area (Å²) in [5.41, 5.74) is 0.296. The van der Waals surface area contributed by atoms with Crippen LogP contribution in [0.25, 0.3) is 0 Å². The van der Waals surface area contributed by atoms with E-state index in [9.17, 15) is 0 Å². The number of nitriles is 1. The van der Waals surface area contributed by atoms with Crippen molar-refractivity contribution in [3.8, 4) is 11.8 Å². The summed E-state index contributed by atoms with van der Waals surface area (Å²) in [6.45, 7) is 0. The molecule has 0 radical (unpaired) electrons. The highest BCUT2D eigenvalue weighted by atomic mass is 16.5. The third-order valence-electron chi connectivity index (χ3n) is 1.37. The van der Waals surface area contributed by atoms with Crippen molar-refractivity contribution in [1.29, 1.82) is 5.26 Å². The molecule has 0 aliphatic rings. The molecule has 0 heterocycles. The first-order chi connectivity index (χ1) is 5.63. The average Bonchev–Trinajstić information content (AvgIpc) is 2.03. The third kappa shape index (κ3) is 1.72. The molecule has 0 saturated carbocycles. The van der Waals surface area contributed by atoms with Gasteiger partial charge in [0, 0.05) is 5.56 Å². The minimum Gasteiger partial charge on any atom is -0.508 e. The maximum Gasteiger partial charge on any atom is 0.178 e. The zero-order chi connectivity index (χ0) is 9.14. The van der Waals surface area contributed by atoms with Crippen LogP contribution in [0.4, 0.5) is 0 Å². The standard InChI is InChI=1S/C8H7NO3/c9-4-5-1-6(8(11)12)3-7(10)2-5/h1-3,8,10-12H. The van der Waals surface area contributed by atoms with E-state index in [0.717, 1.165) is 0 Å². The molecular weight excluding hydrogens is 158 g/mol. The smallest absolute Gasteiger partial charge is 0.178 e. The lowest BCUT2D eigenvalue weighted by Gasteiger charge is -2.03. The number of aliphatic hydroxyl groups excluding tert-OH is 1. The van der Waals surface area contributed by atoms with Crippen LogP contribution in [0.15, 0.2) is 18.2 Å². The van der Waals surface area contributed by atoms with E-state index in [1.165, 1.54) is 18.2 Å². The Morgan fingerprint density at radius 2 is 1.92 bits per heavy atom. The van der Waals surface area contributed by atoms with Crippen LogP contribution in [-0.2, 0) is 0 Å². The van der Waals surface area contributed by atoms with Gasteiger partial charge in [0.1, 0.15) is 5.75 Å². The summed E-state index contributed by atoms with van der Waals surface area (Å²) in [7, 11) is 0. The fourth-order valence-corrected chi connectivity index (χ4v) is 0.848. The van der Waals surface area contributed by atoms with E-state index < -0.39 is 6.29 Å². The van der Waals surface area contributed by atoms with Crippen molar-refractivity contribution in [2.75, 3.05) is 0 Å². The quantitative estimate of drug-likeness (QED) is 0.520. The van der Waals surface area contributed by atoms with E-state index in [-0.39, 0.29) is 16.9 Å². The van der Waals surface area contributed by atoms with Crippen LogP contribution >= 0.6 is 0 Å². The summed E-state index contributed by atoms with van der Waals surface area (Å²) in [6, 6.07) is 5.50. The Kier molecular flexibility index (Phi) is 2.29. The molecule has 0 saturated heterocycles. The molecule has 4 heteroatoms. The fourth-order valence-electron chi connectivity index (χ4n) is 0.848. The van der Waals surface area contributed by atoms with Crippen molar-refractivity contribution in [3.63, 3.8) is 0 Å². The molecule has 0 fully saturated rings. The SMILES string of the molecule is N#Cc1cc(O)cc(C(O)O)c1. The van der Waals surface area contributed by atoms with Gasteiger partial charge in [0.15, 0.2) is 6.29 Å². The summed E-state index contributed by atoms with van der Waals surface area (Å²) in [4.78, 5) is 0. The lowest BCUT2D eigenvalue weighted by atomic mass is 10.1. The van der Waals surface area contributed by atoms with Crippen molar-refractivity contribution >= 4 is 0 Å². The fraction of sp³-hybridized carbons (Fsp3) is 0.125. The summed E-state index contributed by atoms with van der Waals surface area (Å²) < 4.78 is 0. The Balaban J connectivity index is 3.17. The number of nitrogens with zero attached hydrogens (tertiary/aromatic N) is 1. The van der Waals surface area contributed by atoms with Gasteiger partial charge in [-0.1, -0.05) is 0 Å². The van der Waals surface area contributed by atoms with Gasteiger partial charge in [-0.3, -0.25) is 0 Å². The minimum absolute atomic E-state index is 0.103. The van der Waals surface area contributed by atoms with E-state index in [1.807, 2.05) is 0 Å². The highest BCUT2D eigenvalue weighted by molar-refractivity contribution is 5.40. The Labute approximate surface area is 68.9 Å². The second-order valence-electron chi connectivity index (χ2n) is 2.30. The van der Waals surface area contributed by atoms with Crippen LogP contribution in [0.1, 0.15) is 17.4 Å². The molecule has 4 nitrogen and oxygen atoms in total. The summed E-state index contributed by atoms with van der Waals surface area (Å²) in [5, 5.41) is 34.9. The summed E-state index contributed by atoms with van der Waals surface area (Å²) >= 11 is 0. The normalized spacial score (nSPS) is 9.83. The Bertz CT molecular complexity index is 328. The lowest BCUT2D eigenvalue weighted by Crippen LogP contribution is -1.94. The lowest BCUT2D eigenvalue weighted by molar-refractivity contribution is -0.0426. The van der Waals surface area contributed by atoms with Crippen LogP contribution in [0, 0.1) is 11.3 Å². The number of phenolic OH excluding ortho intramolecular Hbond substituents is 1. The first-order valence-electron chi connectivity index (χ1n) is 3.23. The van der Waals surface area contributed by atoms with Crippen LogP contribution in [0.2, 0.25) is 0 Å². The van der Waals surface area contributed by atoms with Crippen molar-refractivity contribution in [3.05, 3.63) is 29.3 Å². The molecule has 0 bridgehead atoms. The van der Waals surface area contributed by atoms with Crippen molar-refractivity contribution in [2.45, 2.75) is 6.29 Å². The second kappa shape index (κ2) is 3.22. The summed E-state index contributed by atoms with van der Waals surface area (Å²) in [6.07, 6.45) is -1.66. The maximum atomic E-state index is 9.00. The molecule has 0 spiro atoms. The molecule has 0 unspecified atom stereocenters. The van der Waals surface area contributed by atoms with Crippen molar-refractivity contribution < 1.29 is 15.3 Å². The van der Waals surface area contributed by atoms with Gasteiger partial charge in [-0.05, 0) is 18.2 Å². The average molecular weight is 165 g/mol. The molecule has 0 aliphatic carbocycles. The number of rotatable bonds is 1. The van der Waals surface area contributed by atoms with Gasteiger partial charge in [0.2, 0.25) is 0 Å². The highest BCUT2D eigenvalue weighted by Crippen LogP contribution is 2.18. The maximum absolute atomic E-state index is 9.00. The van der Waals surface area contributed by atoms with Crippen LogP contribution < -0.4 is 0 Å². The van der Waals surface area contributed by atoms with Crippen molar-refractivity contribution in [2.24, 2.45) is 0 Å². The molecule has 0 aromatic heterocycles. The van der Waals surface area contributed by atoms with Crippen LogP contribution in [0.5, 0.6) is 5.75 Å². The van der Waals surface area contributed by atoms with Gasteiger partial charge in [0.05, 0.1) is 11.6 Å². The molecule has 3 N–H and O–H groups in total. The Hall–Kier alpha value is -1.57. The molecule has 62 valence electrons. The largest absolute Gasteiger partial charge is 0.508 e. The number of benzene rings is 1. The molecule has 1 rings (SSSR count). The van der Waals surface area contributed by atoms with E-state index in [1.54, 1.807) is 6.07 Å². The van der Waals surface area contributed by atoms with Crippen molar-refractivity contribution in [1.82, 2.24) is 0 Å². The van der Waals surface area contributed by atoms with E-state index >= 15 is 0 Å². The van der Waals surface area contributed by atoms with Gasteiger partial charge >= 0.3 is 0 Å². The van der Waals surface area contributed by atoms with Gasteiger partial charge in [0.25, 0.3) is 0 Å². The number of hydrogen-bond donors (Lipinski definition) is 3. The van der Waals surface area contributed by atoms with Crippen LogP contribution in [-0.4, -0.2) is 15.3 Å². The second-order valence-corrected chi connectivity index (χ2v) is 2.30. The molecule has 1 aromatic carbocycles.